The van der Waals surface area contributed by atoms with E-state index in [9.17, 15) is 0 Å². The monoisotopic (exact) mass is 211 g/mol. The Balaban J connectivity index is 2.35. The summed E-state index contributed by atoms with van der Waals surface area (Å²) in [5, 5.41) is 3.92. The number of aromatic nitrogens is 2. The minimum Gasteiger partial charge on any atom is -0.339 e. The van der Waals surface area contributed by atoms with Gasteiger partial charge in [0.1, 0.15) is 0 Å². The number of nitrogens with two attached hydrogens (primary N) is 1. The molecule has 1 atom stereocenters. The van der Waals surface area contributed by atoms with Crippen LogP contribution in [-0.4, -0.2) is 16.2 Å². The molecule has 4 nitrogen and oxygen atoms in total. The second kappa shape index (κ2) is 6.56. The Bertz CT molecular complexity index is 273. The summed E-state index contributed by atoms with van der Waals surface area (Å²) in [5.74, 6) is 1.50. The van der Waals surface area contributed by atoms with E-state index in [4.69, 9.17) is 10.3 Å². The van der Waals surface area contributed by atoms with Gasteiger partial charge in [0.25, 0.3) is 0 Å². The van der Waals surface area contributed by atoms with Crippen LogP contribution in [0.25, 0.3) is 0 Å². The van der Waals surface area contributed by atoms with Crippen LogP contribution in [0.1, 0.15) is 51.2 Å². The molecule has 0 radical (unpaired) electrons. The maximum absolute atomic E-state index is 5.81. The fourth-order valence-electron chi connectivity index (χ4n) is 1.38. The van der Waals surface area contributed by atoms with Crippen molar-refractivity contribution in [2.24, 2.45) is 5.73 Å². The molecule has 4 heteroatoms. The minimum atomic E-state index is 0.145. The minimum absolute atomic E-state index is 0.145. The number of nitrogens with zero attached hydrogens (tertiary/aromatic N) is 2. The molecule has 1 aromatic rings. The molecule has 15 heavy (non-hydrogen) atoms. The molecule has 0 saturated heterocycles. The van der Waals surface area contributed by atoms with Crippen molar-refractivity contribution in [3.63, 3.8) is 0 Å². The number of hydrogen-bond acceptors (Lipinski definition) is 4. The highest BCUT2D eigenvalue weighted by molar-refractivity contribution is 4.89. The van der Waals surface area contributed by atoms with Crippen molar-refractivity contribution < 1.29 is 4.52 Å². The Kier molecular flexibility index (Phi) is 5.32. The van der Waals surface area contributed by atoms with Gasteiger partial charge < -0.3 is 10.3 Å². The summed E-state index contributed by atoms with van der Waals surface area (Å²) in [6.07, 6.45) is 6.10. The molecule has 86 valence electrons. The third kappa shape index (κ3) is 4.42. The quantitative estimate of drug-likeness (QED) is 0.701. The second-order valence-electron chi connectivity index (χ2n) is 3.93. The van der Waals surface area contributed by atoms with Crippen LogP contribution in [0.2, 0.25) is 0 Å². The molecule has 0 spiro atoms. The van der Waals surface area contributed by atoms with Gasteiger partial charge in [-0.05, 0) is 12.8 Å². The van der Waals surface area contributed by atoms with Crippen molar-refractivity contribution in [3.8, 4) is 0 Å². The molecule has 0 aromatic carbocycles. The SMILES string of the molecule is CCCCCc1nc(CC(N)CC)no1. The maximum Gasteiger partial charge on any atom is 0.226 e. The lowest BCUT2D eigenvalue weighted by Crippen LogP contribution is -2.22. The lowest BCUT2D eigenvalue weighted by atomic mass is 10.1. The Hall–Kier alpha value is -0.900. The molecule has 0 bridgehead atoms. The van der Waals surface area contributed by atoms with Crippen LogP contribution in [0, 0.1) is 0 Å². The zero-order valence-electron chi connectivity index (χ0n) is 9.70. The van der Waals surface area contributed by atoms with Crippen LogP contribution in [-0.2, 0) is 12.8 Å². The standard InChI is InChI=1S/C11H21N3O/c1-3-5-6-7-11-13-10(14-15-11)8-9(12)4-2/h9H,3-8,12H2,1-2H3. The van der Waals surface area contributed by atoms with Crippen LogP contribution in [0.4, 0.5) is 0 Å². The van der Waals surface area contributed by atoms with E-state index >= 15 is 0 Å². The molecular weight excluding hydrogens is 190 g/mol. The van der Waals surface area contributed by atoms with E-state index in [1.165, 1.54) is 12.8 Å². The van der Waals surface area contributed by atoms with Crippen molar-refractivity contribution in [1.29, 1.82) is 0 Å². The van der Waals surface area contributed by atoms with Gasteiger partial charge in [0.05, 0.1) is 0 Å². The molecule has 1 aromatic heterocycles. The van der Waals surface area contributed by atoms with Gasteiger partial charge in [-0.1, -0.05) is 31.8 Å². The Labute approximate surface area is 91.2 Å². The van der Waals surface area contributed by atoms with Gasteiger partial charge in [0, 0.05) is 18.9 Å². The van der Waals surface area contributed by atoms with Gasteiger partial charge in [-0.25, -0.2) is 0 Å². The number of unbranched alkanes of at least 4 members (excludes halogenated alkanes) is 2. The van der Waals surface area contributed by atoms with Gasteiger partial charge in [0.15, 0.2) is 5.82 Å². The molecule has 1 heterocycles. The second-order valence-corrected chi connectivity index (χ2v) is 3.93. The summed E-state index contributed by atoms with van der Waals surface area (Å²) in [4.78, 5) is 4.31. The van der Waals surface area contributed by atoms with Crippen LogP contribution in [0.3, 0.4) is 0 Å². The normalized spacial score (nSPS) is 13.0. The Morgan fingerprint density at radius 2 is 2.13 bits per heavy atom. The van der Waals surface area contributed by atoms with Crippen LogP contribution in [0.15, 0.2) is 4.52 Å². The number of hydrogen-bond donors (Lipinski definition) is 1. The van der Waals surface area contributed by atoms with Crippen LogP contribution >= 0.6 is 0 Å². The highest BCUT2D eigenvalue weighted by Gasteiger charge is 2.09. The molecule has 0 saturated carbocycles. The highest BCUT2D eigenvalue weighted by atomic mass is 16.5. The number of rotatable bonds is 7. The van der Waals surface area contributed by atoms with E-state index in [-0.39, 0.29) is 6.04 Å². The molecule has 0 aliphatic carbocycles. The lowest BCUT2D eigenvalue weighted by Gasteiger charge is -2.02. The molecule has 0 fully saturated rings. The van der Waals surface area contributed by atoms with Crippen molar-refractivity contribution in [2.75, 3.05) is 0 Å². The van der Waals surface area contributed by atoms with E-state index in [0.29, 0.717) is 6.42 Å². The summed E-state index contributed by atoms with van der Waals surface area (Å²) in [7, 11) is 0. The first kappa shape index (κ1) is 12.2. The average molecular weight is 211 g/mol. The molecule has 1 unspecified atom stereocenters. The molecule has 0 aliphatic rings. The summed E-state index contributed by atoms with van der Waals surface area (Å²) < 4.78 is 5.14. The number of aryl methyl sites for hydroxylation is 1. The fraction of sp³-hybridized carbons (Fsp3) is 0.818. The van der Waals surface area contributed by atoms with Gasteiger partial charge >= 0.3 is 0 Å². The van der Waals surface area contributed by atoms with Gasteiger partial charge in [-0.15, -0.1) is 0 Å². The van der Waals surface area contributed by atoms with E-state index < -0.39 is 0 Å². The topological polar surface area (TPSA) is 64.9 Å². The van der Waals surface area contributed by atoms with Crippen molar-refractivity contribution in [3.05, 3.63) is 11.7 Å². The molecule has 0 aliphatic heterocycles. The Morgan fingerprint density at radius 1 is 1.33 bits per heavy atom. The third-order valence-electron chi connectivity index (χ3n) is 2.47. The zero-order chi connectivity index (χ0) is 11.1. The maximum atomic E-state index is 5.81. The van der Waals surface area contributed by atoms with Crippen LogP contribution < -0.4 is 5.73 Å². The first-order valence-electron chi connectivity index (χ1n) is 5.83. The van der Waals surface area contributed by atoms with Gasteiger partial charge in [-0.3, -0.25) is 0 Å². The van der Waals surface area contributed by atoms with E-state index in [1.807, 2.05) is 0 Å². The summed E-state index contributed by atoms with van der Waals surface area (Å²) in [5.41, 5.74) is 5.81. The summed E-state index contributed by atoms with van der Waals surface area (Å²) in [6, 6.07) is 0.145. The van der Waals surface area contributed by atoms with E-state index in [2.05, 4.69) is 24.0 Å². The largest absolute Gasteiger partial charge is 0.339 e. The zero-order valence-corrected chi connectivity index (χ0v) is 9.70. The summed E-state index contributed by atoms with van der Waals surface area (Å²) in [6.45, 7) is 4.24. The highest BCUT2D eigenvalue weighted by Crippen LogP contribution is 2.06. The van der Waals surface area contributed by atoms with E-state index in [0.717, 1.165) is 31.0 Å². The van der Waals surface area contributed by atoms with E-state index in [1.54, 1.807) is 0 Å². The molecular formula is C11H21N3O. The smallest absolute Gasteiger partial charge is 0.226 e. The predicted molar refractivity (Wildman–Crippen MR) is 59.5 cm³/mol. The predicted octanol–water partition coefficient (Wildman–Crippen LogP) is 2.08. The summed E-state index contributed by atoms with van der Waals surface area (Å²) >= 11 is 0. The first-order chi connectivity index (χ1) is 7.26. The van der Waals surface area contributed by atoms with Gasteiger partial charge in [0.2, 0.25) is 5.89 Å². The Morgan fingerprint density at radius 3 is 2.80 bits per heavy atom. The van der Waals surface area contributed by atoms with Crippen LogP contribution in [0.5, 0.6) is 0 Å². The fourth-order valence-corrected chi connectivity index (χ4v) is 1.38. The first-order valence-corrected chi connectivity index (χ1v) is 5.83. The van der Waals surface area contributed by atoms with Crippen molar-refractivity contribution in [2.45, 2.75) is 58.4 Å². The van der Waals surface area contributed by atoms with Crippen molar-refractivity contribution in [1.82, 2.24) is 10.1 Å². The third-order valence-corrected chi connectivity index (χ3v) is 2.47. The average Bonchev–Trinajstić information content (AvgIpc) is 2.66. The van der Waals surface area contributed by atoms with Gasteiger partial charge in [-0.2, -0.15) is 4.98 Å². The molecule has 2 N–H and O–H groups in total. The molecule has 1 rings (SSSR count). The lowest BCUT2D eigenvalue weighted by molar-refractivity contribution is 0.367. The van der Waals surface area contributed by atoms with Crippen molar-refractivity contribution >= 4 is 0 Å². The molecule has 0 amide bonds.